The zero-order valence-corrected chi connectivity index (χ0v) is 11.2. The van der Waals surface area contributed by atoms with Gasteiger partial charge in [-0.15, -0.1) is 0 Å². The topological polar surface area (TPSA) is 90.2 Å². The van der Waals surface area contributed by atoms with Gasteiger partial charge in [0, 0.05) is 37.8 Å². The molecule has 106 valence electrons. The highest BCUT2D eigenvalue weighted by Crippen LogP contribution is 2.24. The maximum atomic E-state index is 10.8. The van der Waals surface area contributed by atoms with E-state index in [4.69, 9.17) is 4.74 Å². The van der Waals surface area contributed by atoms with E-state index in [2.05, 4.69) is 15.3 Å². The Labute approximate surface area is 116 Å². The van der Waals surface area contributed by atoms with E-state index in [1.54, 1.807) is 13.2 Å². The monoisotopic (exact) mass is 276 g/mol. The van der Waals surface area contributed by atoms with Gasteiger partial charge in [0.1, 0.15) is 12.1 Å². The van der Waals surface area contributed by atoms with Crippen LogP contribution in [0.15, 0.2) is 24.5 Å². The standard InChI is InChI=1S/C13H16N4O3/c1-20-7-3-2-6-14-13-11-8-10(17(18)19)4-5-12(11)15-9-16-13/h4-5,8-9H,2-3,6-7H2,1H3,(H,14,15,16). The molecule has 0 saturated heterocycles. The first-order chi connectivity index (χ1) is 9.72. The predicted molar refractivity (Wildman–Crippen MR) is 75.8 cm³/mol. The quantitative estimate of drug-likeness (QED) is 0.474. The van der Waals surface area contributed by atoms with Crippen LogP contribution in [0.1, 0.15) is 12.8 Å². The molecule has 0 bridgehead atoms. The highest BCUT2D eigenvalue weighted by atomic mass is 16.6. The normalized spacial score (nSPS) is 10.7. The van der Waals surface area contributed by atoms with Gasteiger partial charge in [-0.25, -0.2) is 9.97 Å². The first kappa shape index (κ1) is 14.1. The molecule has 1 N–H and O–H groups in total. The van der Waals surface area contributed by atoms with Crippen molar-refractivity contribution in [1.29, 1.82) is 0 Å². The molecule has 1 heterocycles. The average Bonchev–Trinajstić information content (AvgIpc) is 2.46. The molecule has 20 heavy (non-hydrogen) atoms. The summed E-state index contributed by atoms with van der Waals surface area (Å²) in [7, 11) is 1.67. The predicted octanol–water partition coefficient (Wildman–Crippen LogP) is 2.38. The van der Waals surface area contributed by atoms with Gasteiger partial charge in [0.25, 0.3) is 5.69 Å². The van der Waals surface area contributed by atoms with E-state index in [9.17, 15) is 10.1 Å². The van der Waals surface area contributed by atoms with Crippen molar-refractivity contribution in [1.82, 2.24) is 9.97 Å². The van der Waals surface area contributed by atoms with E-state index in [0.717, 1.165) is 26.0 Å². The van der Waals surface area contributed by atoms with E-state index in [1.165, 1.54) is 18.5 Å². The number of rotatable bonds is 7. The van der Waals surface area contributed by atoms with Crippen molar-refractivity contribution in [3.63, 3.8) is 0 Å². The number of methoxy groups -OCH3 is 1. The van der Waals surface area contributed by atoms with Gasteiger partial charge in [-0.05, 0) is 18.9 Å². The van der Waals surface area contributed by atoms with E-state index in [0.29, 0.717) is 16.7 Å². The lowest BCUT2D eigenvalue weighted by Crippen LogP contribution is -2.05. The molecule has 0 amide bonds. The Kier molecular flexibility index (Phi) is 4.78. The molecule has 0 aliphatic rings. The van der Waals surface area contributed by atoms with E-state index in [1.807, 2.05) is 0 Å². The van der Waals surface area contributed by atoms with Crippen LogP contribution in [0.5, 0.6) is 0 Å². The van der Waals surface area contributed by atoms with Crippen LogP contribution in [-0.2, 0) is 4.74 Å². The number of nitrogens with zero attached hydrogens (tertiary/aromatic N) is 3. The molecule has 1 aromatic heterocycles. The van der Waals surface area contributed by atoms with Gasteiger partial charge in [0.2, 0.25) is 0 Å². The number of ether oxygens (including phenoxy) is 1. The second kappa shape index (κ2) is 6.76. The molecule has 0 aliphatic carbocycles. The average molecular weight is 276 g/mol. The van der Waals surface area contributed by atoms with Crippen LogP contribution in [0.3, 0.4) is 0 Å². The number of hydrogen-bond acceptors (Lipinski definition) is 6. The van der Waals surface area contributed by atoms with E-state index in [-0.39, 0.29) is 5.69 Å². The highest BCUT2D eigenvalue weighted by molar-refractivity contribution is 5.90. The zero-order valence-electron chi connectivity index (χ0n) is 11.2. The molecular formula is C13H16N4O3. The molecule has 0 radical (unpaired) electrons. The Morgan fingerprint density at radius 3 is 2.95 bits per heavy atom. The fraction of sp³-hybridized carbons (Fsp3) is 0.385. The number of benzene rings is 1. The minimum absolute atomic E-state index is 0.0368. The van der Waals surface area contributed by atoms with Crippen LogP contribution in [0, 0.1) is 10.1 Å². The van der Waals surface area contributed by atoms with Crippen molar-refractivity contribution in [2.24, 2.45) is 0 Å². The lowest BCUT2D eigenvalue weighted by atomic mass is 10.2. The number of hydrogen-bond donors (Lipinski definition) is 1. The summed E-state index contributed by atoms with van der Waals surface area (Å²) in [5.41, 5.74) is 0.722. The number of nitro groups is 1. The smallest absolute Gasteiger partial charge is 0.270 e. The number of non-ortho nitro benzene ring substituents is 1. The highest BCUT2D eigenvalue weighted by Gasteiger charge is 2.10. The van der Waals surface area contributed by atoms with Crippen molar-refractivity contribution < 1.29 is 9.66 Å². The van der Waals surface area contributed by atoms with Crippen LogP contribution in [-0.4, -0.2) is 35.2 Å². The molecular weight excluding hydrogens is 260 g/mol. The van der Waals surface area contributed by atoms with Gasteiger partial charge < -0.3 is 10.1 Å². The molecule has 7 nitrogen and oxygen atoms in total. The summed E-state index contributed by atoms with van der Waals surface area (Å²) in [6, 6.07) is 4.57. The Morgan fingerprint density at radius 2 is 2.20 bits per heavy atom. The Bertz CT molecular complexity index is 603. The van der Waals surface area contributed by atoms with Crippen LogP contribution in [0.25, 0.3) is 10.9 Å². The number of nitro benzene ring substituents is 1. The second-order valence-corrected chi connectivity index (χ2v) is 4.31. The Morgan fingerprint density at radius 1 is 1.35 bits per heavy atom. The van der Waals surface area contributed by atoms with Crippen LogP contribution >= 0.6 is 0 Å². The number of anilines is 1. The minimum Gasteiger partial charge on any atom is -0.385 e. The molecule has 0 fully saturated rings. The van der Waals surface area contributed by atoms with Gasteiger partial charge in [-0.1, -0.05) is 0 Å². The summed E-state index contributed by atoms with van der Waals surface area (Å²) in [6.45, 7) is 1.45. The largest absolute Gasteiger partial charge is 0.385 e. The number of aromatic nitrogens is 2. The third-order valence-electron chi connectivity index (χ3n) is 2.90. The van der Waals surface area contributed by atoms with Crippen LogP contribution in [0.4, 0.5) is 11.5 Å². The number of fused-ring (bicyclic) bond motifs is 1. The fourth-order valence-electron chi connectivity index (χ4n) is 1.88. The summed E-state index contributed by atoms with van der Waals surface area (Å²) < 4.78 is 4.98. The lowest BCUT2D eigenvalue weighted by molar-refractivity contribution is -0.384. The Hall–Kier alpha value is -2.28. The number of unbranched alkanes of at least 4 members (excludes halogenated alkanes) is 1. The molecule has 0 aliphatic heterocycles. The van der Waals surface area contributed by atoms with E-state index < -0.39 is 4.92 Å². The maximum Gasteiger partial charge on any atom is 0.270 e. The first-order valence-electron chi connectivity index (χ1n) is 6.34. The molecule has 1 aromatic carbocycles. The van der Waals surface area contributed by atoms with Gasteiger partial charge in [0.05, 0.1) is 10.4 Å². The third-order valence-corrected chi connectivity index (χ3v) is 2.90. The van der Waals surface area contributed by atoms with E-state index >= 15 is 0 Å². The summed E-state index contributed by atoms with van der Waals surface area (Å²) >= 11 is 0. The molecule has 0 unspecified atom stereocenters. The summed E-state index contributed by atoms with van der Waals surface area (Å²) in [5, 5.41) is 14.7. The van der Waals surface area contributed by atoms with Crippen molar-refractivity contribution in [2.45, 2.75) is 12.8 Å². The first-order valence-corrected chi connectivity index (χ1v) is 6.34. The molecule has 2 rings (SSSR count). The third kappa shape index (κ3) is 3.39. The summed E-state index contributed by atoms with van der Waals surface area (Å²) in [5.74, 6) is 0.621. The minimum atomic E-state index is -0.422. The summed E-state index contributed by atoms with van der Waals surface area (Å²) in [6.07, 6.45) is 3.34. The van der Waals surface area contributed by atoms with Crippen LogP contribution < -0.4 is 5.32 Å². The van der Waals surface area contributed by atoms with Gasteiger partial charge in [0.15, 0.2) is 0 Å². The molecule has 7 heteroatoms. The van der Waals surface area contributed by atoms with Gasteiger partial charge in [-0.2, -0.15) is 0 Å². The number of nitrogens with one attached hydrogen (secondary N) is 1. The maximum absolute atomic E-state index is 10.8. The molecule has 0 atom stereocenters. The van der Waals surface area contributed by atoms with Crippen molar-refractivity contribution >= 4 is 22.4 Å². The Balaban J connectivity index is 2.15. The van der Waals surface area contributed by atoms with Gasteiger partial charge in [-0.3, -0.25) is 10.1 Å². The van der Waals surface area contributed by atoms with Crippen LogP contribution in [0.2, 0.25) is 0 Å². The second-order valence-electron chi connectivity index (χ2n) is 4.31. The lowest BCUT2D eigenvalue weighted by Gasteiger charge is -2.07. The molecule has 0 saturated carbocycles. The van der Waals surface area contributed by atoms with Crippen molar-refractivity contribution in [3.05, 3.63) is 34.6 Å². The molecule has 0 spiro atoms. The van der Waals surface area contributed by atoms with Crippen molar-refractivity contribution in [3.8, 4) is 0 Å². The SMILES string of the molecule is COCCCCNc1ncnc2ccc([N+](=O)[O-])cc12. The zero-order chi connectivity index (χ0) is 14.4. The van der Waals surface area contributed by atoms with Gasteiger partial charge >= 0.3 is 0 Å². The summed E-state index contributed by atoms with van der Waals surface area (Å²) in [4.78, 5) is 18.7. The fourth-order valence-corrected chi connectivity index (χ4v) is 1.88. The molecule has 2 aromatic rings. The van der Waals surface area contributed by atoms with Crippen molar-refractivity contribution in [2.75, 3.05) is 25.6 Å².